The summed E-state index contributed by atoms with van der Waals surface area (Å²) in [7, 11) is 2.16. The maximum absolute atomic E-state index is 11.3. The number of benzene rings is 1. The fraction of sp³-hybridized carbons (Fsp3) is 0.562. The average Bonchev–Trinajstić information content (AvgIpc) is 2.44. The Morgan fingerprint density at radius 1 is 1.52 bits per heavy atom. The highest BCUT2D eigenvalue weighted by atomic mass is 35.5. The van der Waals surface area contributed by atoms with Crippen molar-refractivity contribution in [1.82, 2.24) is 4.90 Å². The van der Waals surface area contributed by atoms with Gasteiger partial charge < -0.3 is 15.3 Å². The van der Waals surface area contributed by atoms with Crippen molar-refractivity contribution in [2.75, 3.05) is 18.9 Å². The van der Waals surface area contributed by atoms with Gasteiger partial charge >= 0.3 is 5.97 Å². The number of carboxylic acid groups (broad SMARTS) is 1. The van der Waals surface area contributed by atoms with Gasteiger partial charge in [0.1, 0.15) is 0 Å². The summed E-state index contributed by atoms with van der Waals surface area (Å²) in [6, 6.07) is 4.27. The maximum atomic E-state index is 11.3. The van der Waals surface area contributed by atoms with E-state index in [1.807, 2.05) is 13.0 Å². The van der Waals surface area contributed by atoms with Crippen LogP contribution in [0.25, 0.3) is 0 Å². The van der Waals surface area contributed by atoms with Crippen LogP contribution in [-0.2, 0) is 0 Å². The Kier molecular flexibility index (Phi) is 5.12. The van der Waals surface area contributed by atoms with Gasteiger partial charge in [-0.1, -0.05) is 18.5 Å². The molecule has 0 aliphatic carbocycles. The van der Waals surface area contributed by atoms with Crippen LogP contribution in [0.2, 0.25) is 5.02 Å². The van der Waals surface area contributed by atoms with E-state index in [1.165, 1.54) is 6.07 Å². The van der Waals surface area contributed by atoms with Crippen molar-refractivity contribution >= 4 is 23.3 Å². The van der Waals surface area contributed by atoms with Gasteiger partial charge in [-0.05, 0) is 50.9 Å². The number of anilines is 1. The van der Waals surface area contributed by atoms with Crippen molar-refractivity contribution in [3.63, 3.8) is 0 Å². The molecule has 1 fully saturated rings. The van der Waals surface area contributed by atoms with Gasteiger partial charge in [0.25, 0.3) is 0 Å². The van der Waals surface area contributed by atoms with Gasteiger partial charge in [0.2, 0.25) is 0 Å². The summed E-state index contributed by atoms with van der Waals surface area (Å²) in [6.07, 6.45) is 3.26. The number of carboxylic acids is 1. The summed E-state index contributed by atoms with van der Waals surface area (Å²) < 4.78 is 0. The van der Waals surface area contributed by atoms with Crippen molar-refractivity contribution in [3.05, 3.63) is 28.3 Å². The summed E-state index contributed by atoms with van der Waals surface area (Å²) in [4.78, 5) is 13.7. The minimum atomic E-state index is -0.937. The third-order valence-corrected chi connectivity index (χ3v) is 4.66. The first kappa shape index (κ1) is 16.1. The maximum Gasteiger partial charge on any atom is 0.336 e. The molecule has 0 bridgehead atoms. The number of rotatable bonds is 4. The van der Waals surface area contributed by atoms with E-state index in [0.29, 0.717) is 17.1 Å². The fourth-order valence-corrected chi connectivity index (χ4v) is 3.27. The van der Waals surface area contributed by atoms with Gasteiger partial charge in [0.05, 0.1) is 5.56 Å². The Balaban J connectivity index is 2.18. The van der Waals surface area contributed by atoms with E-state index in [-0.39, 0.29) is 5.56 Å². The quantitative estimate of drug-likeness (QED) is 0.891. The van der Waals surface area contributed by atoms with E-state index in [1.54, 1.807) is 0 Å². The van der Waals surface area contributed by atoms with Crippen LogP contribution in [0, 0.1) is 6.92 Å². The lowest BCUT2D eigenvalue weighted by molar-refractivity contribution is 0.0696. The third kappa shape index (κ3) is 3.69. The zero-order chi connectivity index (χ0) is 15.6. The molecule has 2 N–H and O–H groups in total. The van der Waals surface area contributed by atoms with Crippen molar-refractivity contribution in [1.29, 1.82) is 0 Å². The predicted octanol–water partition coefficient (Wildman–Crippen LogP) is 3.63. The highest BCUT2D eigenvalue weighted by molar-refractivity contribution is 6.31. The molecule has 2 rings (SSSR count). The van der Waals surface area contributed by atoms with Crippen molar-refractivity contribution in [3.8, 4) is 0 Å². The number of piperidine rings is 1. The van der Waals surface area contributed by atoms with Crippen LogP contribution in [0.4, 0.5) is 5.69 Å². The largest absolute Gasteiger partial charge is 0.478 e. The van der Waals surface area contributed by atoms with E-state index in [4.69, 9.17) is 11.6 Å². The van der Waals surface area contributed by atoms with E-state index in [0.717, 1.165) is 37.1 Å². The Morgan fingerprint density at radius 3 is 2.86 bits per heavy atom. The summed E-state index contributed by atoms with van der Waals surface area (Å²) in [5, 5.41) is 13.2. The first-order valence-electron chi connectivity index (χ1n) is 7.42. The number of likely N-dealkylation sites (tertiary alicyclic amines) is 1. The van der Waals surface area contributed by atoms with Crippen LogP contribution in [0.3, 0.4) is 0 Å². The molecule has 1 aromatic rings. The molecular weight excluding hydrogens is 288 g/mol. The van der Waals surface area contributed by atoms with Crippen molar-refractivity contribution in [2.45, 2.75) is 45.2 Å². The highest BCUT2D eigenvalue weighted by Gasteiger charge is 2.25. The van der Waals surface area contributed by atoms with Crippen molar-refractivity contribution in [2.24, 2.45) is 0 Å². The standard InChI is InChI=1S/C16H23ClN2O2/c1-4-13-9-12(5-6-19(13)3)18-15-8-11(17)7-14(10(15)2)16(20)21/h7-8,12-13,18H,4-6,9H2,1-3H3,(H,20,21). The molecule has 0 amide bonds. The zero-order valence-corrected chi connectivity index (χ0v) is 13.6. The Hall–Kier alpha value is -1.26. The van der Waals surface area contributed by atoms with Gasteiger partial charge in [-0.3, -0.25) is 0 Å². The number of halogens is 1. The van der Waals surface area contributed by atoms with E-state index < -0.39 is 5.97 Å². The second-order valence-corrected chi connectivity index (χ2v) is 6.28. The molecule has 1 aromatic carbocycles. The SMILES string of the molecule is CCC1CC(Nc2cc(Cl)cc(C(=O)O)c2C)CCN1C. The van der Waals surface area contributed by atoms with E-state index in [2.05, 4.69) is 24.2 Å². The molecule has 2 atom stereocenters. The minimum Gasteiger partial charge on any atom is -0.478 e. The van der Waals surface area contributed by atoms with Gasteiger partial charge in [0.15, 0.2) is 0 Å². The Labute approximate surface area is 131 Å². The monoisotopic (exact) mass is 310 g/mol. The van der Waals surface area contributed by atoms with E-state index >= 15 is 0 Å². The smallest absolute Gasteiger partial charge is 0.336 e. The third-order valence-electron chi connectivity index (χ3n) is 4.44. The lowest BCUT2D eigenvalue weighted by Crippen LogP contribution is -2.44. The van der Waals surface area contributed by atoms with Crippen molar-refractivity contribution < 1.29 is 9.90 Å². The molecule has 1 heterocycles. The van der Waals surface area contributed by atoms with Crippen LogP contribution in [0.1, 0.15) is 42.1 Å². The number of nitrogens with one attached hydrogen (secondary N) is 1. The Morgan fingerprint density at radius 2 is 2.24 bits per heavy atom. The summed E-state index contributed by atoms with van der Waals surface area (Å²) in [5.41, 5.74) is 1.85. The second kappa shape index (κ2) is 6.67. The number of aromatic carboxylic acids is 1. The lowest BCUT2D eigenvalue weighted by Gasteiger charge is -2.37. The first-order valence-corrected chi connectivity index (χ1v) is 7.80. The molecule has 5 heteroatoms. The predicted molar refractivity (Wildman–Crippen MR) is 86.5 cm³/mol. The second-order valence-electron chi connectivity index (χ2n) is 5.84. The summed E-state index contributed by atoms with van der Waals surface area (Å²) in [5.74, 6) is -0.937. The minimum absolute atomic E-state index is 0.268. The molecule has 4 nitrogen and oxygen atoms in total. The fourth-order valence-electron chi connectivity index (χ4n) is 3.05. The summed E-state index contributed by atoms with van der Waals surface area (Å²) >= 11 is 6.05. The average molecular weight is 311 g/mol. The Bertz CT molecular complexity index is 533. The molecular formula is C16H23ClN2O2. The van der Waals surface area contributed by atoms with Crippen LogP contribution >= 0.6 is 11.6 Å². The molecule has 0 saturated carbocycles. The normalized spacial score (nSPS) is 23.0. The summed E-state index contributed by atoms with van der Waals surface area (Å²) in [6.45, 7) is 5.09. The van der Waals surface area contributed by atoms with E-state index in [9.17, 15) is 9.90 Å². The lowest BCUT2D eigenvalue weighted by atomic mass is 9.95. The highest BCUT2D eigenvalue weighted by Crippen LogP contribution is 2.28. The van der Waals surface area contributed by atoms with Gasteiger partial charge in [-0.25, -0.2) is 4.79 Å². The first-order chi connectivity index (χ1) is 9.92. The molecule has 1 saturated heterocycles. The molecule has 2 unspecified atom stereocenters. The number of hydrogen-bond acceptors (Lipinski definition) is 3. The van der Waals surface area contributed by atoms with Crippen LogP contribution in [0.5, 0.6) is 0 Å². The number of carbonyl (C=O) groups is 1. The molecule has 0 aromatic heterocycles. The molecule has 1 aliphatic heterocycles. The molecule has 1 aliphatic rings. The molecule has 0 radical (unpaired) electrons. The topological polar surface area (TPSA) is 52.6 Å². The van der Waals surface area contributed by atoms with Gasteiger partial charge in [-0.2, -0.15) is 0 Å². The number of nitrogens with zero attached hydrogens (tertiary/aromatic N) is 1. The molecule has 0 spiro atoms. The van der Waals surface area contributed by atoms with Crippen LogP contribution < -0.4 is 5.32 Å². The van der Waals surface area contributed by atoms with Crippen LogP contribution in [-0.4, -0.2) is 41.7 Å². The zero-order valence-electron chi connectivity index (χ0n) is 12.8. The number of hydrogen-bond donors (Lipinski definition) is 2. The molecule has 21 heavy (non-hydrogen) atoms. The van der Waals surface area contributed by atoms with Gasteiger partial charge in [0, 0.05) is 29.3 Å². The van der Waals surface area contributed by atoms with Gasteiger partial charge in [-0.15, -0.1) is 0 Å². The molecule has 116 valence electrons. The van der Waals surface area contributed by atoms with Crippen LogP contribution in [0.15, 0.2) is 12.1 Å².